The number of hydrogen-bond acceptors (Lipinski definition) is 0. The zero-order chi connectivity index (χ0) is 10.3. The maximum Gasteiger partial charge on any atom is -0.0228 e. The van der Waals surface area contributed by atoms with Crippen molar-refractivity contribution in [3.63, 3.8) is 0 Å². The molecule has 0 N–H and O–H groups in total. The van der Waals surface area contributed by atoms with Crippen molar-refractivity contribution in [2.45, 2.75) is 33.4 Å². The van der Waals surface area contributed by atoms with Gasteiger partial charge < -0.3 is 0 Å². The molecule has 0 nitrogen and oxygen atoms in total. The van der Waals surface area contributed by atoms with Gasteiger partial charge in [0.05, 0.1) is 0 Å². The van der Waals surface area contributed by atoms with Crippen molar-refractivity contribution in [2.24, 2.45) is 0 Å². The summed E-state index contributed by atoms with van der Waals surface area (Å²) in [7, 11) is 0.00257. The number of allylic oxidation sites excluding steroid dienone is 6. The summed E-state index contributed by atoms with van der Waals surface area (Å²) in [6.45, 7) is 11.1. The average Bonchev–Trinajstić information content (AvgIpc) is 2.11. The summed E-state index contributed by atoms with van der Waals surface area (Å²) >= 11 is 0. The highest BCUT2D eigenvalue weighted by molar-refractivity contribution is 7.62. The summed E-state index contributed by atoms with van der Waals surface area (Å²) in [5, 5.41) is 1.48. The van der Waals surface area contributed by atoms with Crippen molar-refractivity contribution in [3.8, 4) is 0 Å². The van der Waals surface area contributed by atoms with Crippen LogP contribution in [0, 0.1) is 0 Å². The zero-order valence-corrected chi connectivity index (χ0v) is 10.3. The molecule has 1 atom stereocenters. The second-order valence-corrected chi connectivity index (χ2v) is 6.09. The van der Waals surface area contributed by atoms with Crippen LogP contribution in [0.3, 0.4) is 0 Å². The van der Waals surface area contributed by atoms with E-state index in [1.807, 2.05) is 0 Å². The first-order chi connectivity index (χ1) is 6.13. The first-order valence-electron chi connectivity index (χ1n) is 4.82. The Morgan fingerprint density at radius 2 is 1.77 bits per heavy atom. The topological polar surface area (TPSA) is 0 Å². The summed E-state index contributed by atoms with van der Waals surface area (Å²) in [5.74, 6) is 0. The van der Waals surface area contributed by atoms with Crippen LogP contribution in [0.15, 0.2) is 35.7 Å². The van der Waals surface area contributed by atoms with Crippen LogP contribution in [0.5, 0.6) is 0 Å². The molecule has 0 aliphatic heterocycles. The van der Waals surface area contributed by atoms with Gasteiger partial charge in [-0.05, 0) is 31.5 Å². The molecule has 0 spiro atoms. The molecule has 0 aromatic heterocycles. The fraction of sp³-hybridized carbons (Fsp3) is 0.500. The van der Waals surface area contributed by atoms with Gasteiger partial charge >= 0.3 is 0 Å². The van der Waals surface area contributed by atoms with Crippen molar-refractivity contribution >= 4 is 7.92 Å². The van der Waals surface area contributed by atoms with Crippen LogP contribution in [-0.2, 0) is 0 Å². The van der Waals surface area contributed by atoms with Gasteiger partial charge in [0.15, 0.2) is 0 Å². The molecule has 0 saturated carbocycles. The molecule has 0 aliphatic rings. The lowest BCUT2D eigenvalue weighted by atomic mass is 10.4. The molecule has 0 aromatic rings. The van der Waals surface area contributed by atoms with E-state index in [9.17, 15) is 0 Å². The molecule has 0 heterocycles. The fourth-order valence-corrected chi connectivity index (χ4v) is 2.26. The van der Waals surface area contributed by atoms with E-state index < -0.39 is 0 Å². The zero-order valence-electron chi connectivity index (χ0n) is 9.41. The molecule has 0 aromatic carbocycles. The minimum absolute atomic E-state index is 0.00257. The van der Waals surface area contributed by atoms with E-state index in [1.54, 1.807) is 0 Å². The van der Waals surface area contributed by atoms with Crippen molar-refractivity contribution < 1.29 is 0 Å². The highest BCUT2D eigenvalue weighted by Gasteiger charge is 2.08. The Morgan fingerprint density at radius 1 is 1.15 bits per heavy atom. The van der Waals surface area contributed by atoms with Gasteiger partial charge in [-0.1, -0.05) is 52.1 Å². The Bertz CT molecular complexity index is 209. The quantitative estimate of drug-likeness (QED) is 0.457. The van der Waals surface area contributed by atoms with Gasteiger partial charge in [0.1, 0.15) is 0 Å². The Hall–Kier alpha value is -0.350. The van der Waals surface area contributed by atoms with Crippen molar-refractivity contribution in [2.75, 3.05) is 6.66 Å². The fourth-order valence-electron chi connectivity index (χ4n) is 0.954. The third-order valence-corrected chi connectivity index (χ3v) is 4.64. The third-order valence-electron chi connectivity index (χ3n) is 1.98. The third kappa shape index (κ3) is 5.05. The SMILES string of the molecule is C\C=C/C=C(\C=C/C)P(C)C(C)C. The van der Waals surface area contributed by atoms with Gasteiger partial charge in [-0.15, -0.1) is 0 Å². The van der Waals surface area contributed by atoms with Gasteiger partial charge in [-0.25, -0.2) is 0 Å². The second-order valence-electron chi connectivity index (χ2n) is 3.32. The number of rotatable bonds is 4. The molecule has 0 radical (unpaired) electrons. The highest BCUT2D eigenvalue weighted by atomic mass is 31.1. The molecule has 0 fully saturated rings. The van der Waals surface area contributed by atoms with E-state index in [1.165, 1.54) is 5.31 Å². The van der Waals surface area contributed by atoms with Gasteiger partial charge in [-0.3, -0.25) is 0 Å². The van der Waals surface area contributed by atoms with E-state index in [4.69, 9.17) is 0 Å². The van der Waals surface area contributed by atoms with Crippen molar-refractivity contribution in [3.05, 3.63) is 35.7 Å². The van der Waals surface area contributed by atoms with Crippen LogP contribution in [-0.4, -0.2) is 12.3 Å². The van der Waals surface area contributed by atoms with Crippen LogP contribution in [0.2, 0.25) is 0 Å². The van der Waals surface area contributed by atoms with E-state index in [2.05, 4.69) is 64.7 Å². The predicted molar refractivity (Wildman–Crippen MR) is 65.7 cm³/mol. The maximum absolute atomic E-state index is 2.34. The summed E-state index contributed by atoms with van der Waals surface area (Å²) in [4.78, 5) is 0. The molecular weight excluding hydrogens is 175 g/mol. The maximum atomic E-state index is 2.34. The van der Waals surface area contributed by atoms with E-state index in [-0.39, 0.29) is 7.92 Å². The van der Waals surface area contributed by atoms with Gasteiger partial charge in [0, 0.05) is 0 Å². The summed E-state index contributed by atoms with van der Waals surface area (Å²) in [5.41, 5.74) is 0.766. The molecule has 0 saturated heterocycles. The lowest BCUT2D eigenvalue weighted by molar-refractivity contribution is 1.10. The lowest BCUT2D eigenvalue weighted by Crippen LogP contribution is -1.92. The molecule has 1 heteroatoms. The smallest absolute Gasteiger partial charge is 0.0228 e. The normalized spacial score (nSPS) is 16.3. The van der Waals surface area contributed by atoms with Gasteiger partial charge in [0.2, 0.25) is 0 Å². The molecule has 0 bridgehead atoms. The molecule has 1 unspecified atom stereocenters. The van der Waals surface area contributed by atoms with Crippen LogP contribution in [0.25, 0.3) is 0 Å². The second kappa shape index (κ2) is 7.09. The largest absolute Gasteiger partial charge is 0.0876 e. The van der Waals surface area contributed by atoms with Crippen molar-refractivity contribution in [1.29, 1.82) is 0 Å². The van der Waals surface area contributed by atoms with Crippen LogP contribution in [0.1, 0.15) is 27.7 Å². The Morgan fingerprint density at radius 3 is 2.15 bits per heavy atom. The van der Waals surface area contributed by atoms with Crippen molar-refractivity contribution in [1.82, 2.24) is 0 Å². The standard InChI is InChI=1S/C12H21P/c1-6-8-10-12(9-7-2)13(5)11(3)4/h6-11H,1-5H3/b8-6-,9-7-,12-10+. The predicted octanol–water partition coefficient (Wildman–Crippen LogP) is 4.54. The first kappa shape index (κ1) is 12.7. The number of hydrogen-bond donors (Lipinski definition) is 0. The van der Waals surface area contributed by atoms with Crippen LogP contribution >= 0.6 is 7.92 Å². The van der Waals surface area contributed by atoms with E-state index >= 15 is 0 Å². The molecule has 0 amide bonds. The minimum Gasteiger partial charge on any atom is -0.0876 e. The summed E-state index contributed by atoms with van der Waals surface area (Å²) in [6, 6.07) is 0. The van der Waals surface area contributed by atoms with E-state index in [0.717, 1.165) is 5.66 Å². The minimum atomic E-state index is 0.00257. The Kier molecular flexibility index (Phi) is 6.90. The monoisotopic (exact) mass is 196 g/mol. The van der Waals surface area contributed by atoms with Gasteiger partial charge in [0.25, 0.3) is 0 Å². The summed E-state index contributed by atoms with van der Waals surface area (Å²) < 4.78 is 0. The van der Waals surface area contributed by atoms with Crippen LogP contribution in [0.4, 0.5) is 0 Å². The Balaban J connectivity index is 4.59. The summed E-state index contributed by atoms with van der Waals surface area (Å²) in [6.07, 6.45) is 10.8. The van der Waals surface area contributed by atoms with E-state index in [0.29, 0.717) is 0 Å². The molecule has 74 valence electrons. The molecule has 13 heavy (non-hydrogen) atoms. The Labute approximate surface area is 84.2 Å². The molecular formula is C12H21P. The average molecular weight is 196 g/mol. The molecule has 0 aliphatic carbocycles. The van der Waals surface area contributed by atoms with Crippen LogP contribution < -0.4 is 0 Å². The molecule has 0 rings (SSSR count). The first-order valence-corrected chi connectivity index (χ1v) is 6.67. The highest BCUT2D eigenvalue weighted by Crippen LogP contribution is 2.46. The lowest BCUT2D eigenvalue weighted by Gasteiger charge is -2.17. The van der Waals surface area contributed by atoms with Gasteiger partial charge in [-0.2, -0.15) is 0 Å².